The van der Waals surface area contributed by atoms with Crippen molar-refractivity contribution in [1.29, 1.82) is 0 Å². The Kier molecular flexibility index (Phi) is 7.16. The molecule has 1 aromatic rings. The SMILES string of the molecule is O=C(NCCCN1CCC(N2CCCCC2)CC1)c1ccc2c(c1)NC(=O)[C@@H]1CCCCN21. The van der Waals surface area contributed by atoms with Crippen LogP contribution >= 0.6 is 0 Å². The van der Waals surface area contributed by atoms with Crippen molar-refractivity contribution in [3.63, 3.8) is 0 Å². The molecule has 4 heterocycles. The highest BCUT2D eigenvalue weighted by Gasteiger charge is 2.34. The van der Waals surface area contributed by atoms with Gasteiger partial charge in [-0.15, -0.1) is 0 Å². The van der Waals surface area contributed by atoms with Crippen LogP contribution < -0.4 is 15.5 Å². The highest BCUT2D eigenvalue weighted by molar-refractivity contribution is 6.05. The lowest BCUT2D eigenvalue weighted by Crippen LogP contribution is -2.50. The van der Waals surface area contributed by atoms with Gasteiger partial charge in [0.1, 0.15) is 6.04 Å². The Morgan fingerprint density at radius 2 is 1.76 bits per heavy atom. The molecule has 2 N–H and O–H groups in total. The van der Waals surface area contributed by atoms with Crippen molar-refractivity contribution >= 4 is 23.2 Å². The fourth-order valence-electron chi connectivity index (χ4n) is 6.13. The average molecular weight is 454 g/mol. The molecule has 2 amide bonds. The molecule has 0 radical (unpaired) electrons. The highest BCUT2D eigenvalue weighted by atomic mass is 16.2. The number of benzene rings is 1. The second-order valence-electron chi connectivity index (χ2n) is 10.2. The number of nitrogens with one attached hydrogen (secondary N) is 2. The van der Waals surface area contributed by atoms with E-state index >= 15 is 0 Å². The monoisotopic (exact) mass is 453 g/mol. The summed E-state index contributed by atoms with van der Waals surface area (Å²) in [5, 5.41) is 6.09. The van der Waals surface area contributed by atoms with E-state index in [-0.39, 0.29) is 17.9 Å². The number of carbonyl (C=O) groups is 2. The molecule has 180 valence electrons. The molecule has 0 saturated carbocycles. The molecule has 5 rings (SSSR count). The van der Waals surface area contributed by atoms with Crippen molar-refractivity contribution < 1.29 is 9.59 Å². The van der Waals surface area contributed by atoms with E-state index in [1.807, 2.05) is 18.2 Å². The van der Waals surface area contributed by atoms with Gasteiger partial charge in [-0.25, -0.2) is 0 Å². The minimum atomic E-state index is -0.0594. The van der Waals surface area contributed by atoms with Gasteiger partial charge >= 0.3 is 0 Å². The third kappa shape index (κ3) is 5.19. The number of likely N-dealkylation sites (tertiary alicyclic amines) is 2. The number of anilines is 2. The summed E-state index contributed by atoms with van der Waals surface area (Å²) in [4.78, 5) is 32.7. The third-order valence-corrected chi connectivity index (χ3v) is 8.03. The van der Waals surface area contributed by atoms with Crippen LogP contribution in [-0.4, -0.2) is 79.5 Å². The molecule has 33 heavy (non-hydrogen) atoms. The first kappa shape index (κ1) is 22.7. The van der Waals surface area contributed by atoms with Crippen molar-refractivity contribution in [3.05, 3.63) is 23.8 Å². The third-order valence-electron chi connectivity index (χ3n) is 8.03. The Morgan fingerprint density at radius 1 is 0.970 bits per heavy atom. The number of piperidine rings is 3. The van der Waals surface area contributed by atoms with E-state index in [1.54, 1.807) is 0 Å². The molecular formula is C26H39N5O2. The summed E-state index contributed by atoms with van der Waals surface area (Å²) in [5.41, 5.74) is 2.43. The molecule has 1 atom stereocenters. The molecule has 4 aliphatic rings. The number of carbonyl (C=O) groups excluding carboxylic acids is 2. The summed E-state index contributed by atoms with van der Waals surface area (Å²) in [6.07, 6.45) is 10.8. The molecule has 0 aromatic heterocycles. The zero-order valence-electron chi connectivity index (χ0n) is 19.9. The van der Waals surface area contributed by atoms with Gasteiger partial charge in [0.25, 0.3) is 5.91 Å². The number of rotatable bonds is 6. The van der Waals surface area contributed by atoms with Crippen LogP contribution in [0.5, 0.6) is 0 Å². The number of nitrogens with zero attached hydrogens (tertiary/aromatic N) is 3. The lowest BCUT2D eigenvalue weighted by molar-refractivity contribution is -0.118. The Hall–Kier alpha value is -2.12. The smallest absolute Gasteiger partial charge is 0.251 e. The molecule has 3 saturated heterocycles. The first-order chi connectivity index (χ1) is 16.2. The predicted octanol–water partition coefficient (Wildman–Crippen LogP) is 3.07. The quantitative estimate of drug-likeness (QED) is 0.648. The van der Waals surface area contributed by atoms with Crippen LogP contribution in [0.25, 0.3) is 0 Å². The molecule has 3 fully saturated rings. The van der Waals surface area contributed by atoms with Crippen molar-refractivity contribution in [2.75, 3.05) is 56.0 Å². The van der Waals surface area contributed by atoms with Crippen LogP contribution in [0.1, 0.15) is 68.1 Å². The van der Waals surface area contributed by atoms with Crippen LogP contribution in [0.2, 0.25) is 0 Å². The molecule has 4 aliphatic heterocycles. The van der Waals surface area contributed by atoms with Crippen molar-refractivity contribution in [2.24, 2.45) is 0 Å². The van der Waals surface area contributed by atoms with E-state index in [4.69, 9.17) is 0 Å². The van der Waals surface area contributed by atoms with Gasteiger partial charge in [0.05, 0.1) is 11.4 Å². The number of fused-ring (bicyclic) bond motifs is 3. The normalized spacial score (nSPS) is 24.7. The van der Waals surface area contributed by atoms with E-state index in [0.29, 0.717) is 12.1 Å². The van der Waals surface area contributed by atoms with Crippen LogP contribution in [0.4, 0.5) is 11.4 Å². The molecule has 0 unspecified atom stereocenters. The lowest BCUT2D eigenvalue weighted by Gasteiger charge is -2.41. The molecule has 0 bridgehead atoms. The summed E-state index contributed by atoms with van der Waals surface area (Å²) in [5.74, 6) is 0.000406. The van der Waals surface area contributed by atoms with Crippen LogP contribution in [0.15, 0.2) is 18.2 Å². The minimum absolute atomic E-state index is 0.0587. The van der Waals surface area contributed by atoms with Crippen molar-refractivity contribution in [3.8, 4) is 0 Å². The van der Waals surface area contributed by atoms with Gasteiger partial charge in [0.15, 0.2) is 0 Å². The van der Waals surface area contributed by atoms with Gasteiger partial charge in [-0.2, -0.15) is 0 Å². The largest absolute Gasteiger partial charge is 0.358 e. The standard InChI is InChI=1S/C26H39N5O2/c32-25(20-8-9-23-22(19-20)28-26(33)24-7-2-5-16-31(23)24)27-12-6-13-29-17-10-21(11-18-29)30-14-3-1-4-15-30/h8-9,19,21,24H,1-7,10-18H2,(H,27,32)(H,28,33)/t24-/m0/s1. The van der Waals surface area contributed by atoms with Crippen molar-refractivity contribution in [1.82, 2.24) is 15.1 Å². The predicted molar refractivity (Wildman–Crippen MR) is 132 cm³/mol. The van der Waals surface area contributed by atoms with Crippen molar-refractivity contribution in [2.45, 2.75) is 69.9 Å². The second-order valence-corrected chi connectivity index (χ2v) is 10.2. The molecular weight excluding hydrogens is 414 g/mol. The van der Waals surface area contributed by atoms with Gasteiger partial charge in [-0.05, 0) is 102 Å². The molecule has 0 aliphatic carbocycles. The summed E-state index contributed by atoms with van der Waals surface area (Å²) in [6, 6.07) is 6.44. The highest BCUT2D eigenvalue weighted by Crippen LogP contribution is 2.36. The Morgan fingerprint density at radius 3 is 2.58 bits per heavy atom. The average Bonchev–Trinajstić information content (AvgIpc) is 2.87. The molecule has 1 aromatic carbocycles. The number of hydrogen-bond donors (Lipinski definition) is 2. The Balaban J connectivity index is 1.06. The van der Waals surface area contributed by atoms with Crippen LogP contribution in [-0.2, 0) is 4.79 Å². The lowest BCUT2D eigenvalue weighted by atomic mass is 9.97. The van der Waals surface area contributed by atoms with E-state index in [1.165, 1.54) is 58.3 Å². The van der Waals surface area contributed by atoms with Gasteiger partial charge in [0.2, 0.25) is 5.91 Å². The zero-order chi connectivity index (χ0) is 22.6. The zero-order valence-corrected chi connectivity index (χ0v) is 19.9. The van der Waals surface area contributed by atoms with Gasteiger partial charge < -0.3 is 25.3 Å². The molecule has 0 spiro atoms. The van der Waals surface area contributed by atoms with E-state index in [0.717, 1.165) is 56.2 Å². The topological polar surface area (TPSA) is 67.9 Å². The Bertz CT molecular complexity index is 845. The summed E-state index contributed by atoms with van der Waals surface area (Å²) < 4.78 is 0. The maximum atomic E-state index is 12.7. The first-order valence-corrected chi connectivity index (χ1v) is 13.2. The fraction of sp³-hybridized carbons (Fsp3) is 0.692. The van der Waals surface area contributed by atoms with Gasteiger partial charge in [-0.1, -0.05) is 6.42 Å². The first-order valence-electron chi connectivity index (χ1n) is 13.2. The summed E-state index contributed by atoms with van der Waals surface area (Å²) in [6.45, 7) is 7.58. The second kappa shape index (κ2) is 10.4. The van der Waals surface area contributed by atoms with Gasteiger partial charge in [0, 0.05) is 24.7 Å². The fourth-order valence-corrected chi connectivity index (χ4v) is 6.13. The minimum Gasteiger partial charge on any atom is -0.358 e. The molecule has 7 heteroatoms. The van der Waals surface area contributed by atoms with E-state index in [9.17, 15) is 9.59 Å². The summed E-state index contributed by atoms with van der Waals surface area (Å²) >= 11 is 0. The summed E-state index contributed by atoms with van der Waals surface area (Å²) in [7, 11) is 0. The van der Waals surface area contributed by atoms with Crippen LogP contribution in [0, 0.1) is 0 Å². The van der Waals surface area contributed by atoms with E-state index < -0.39 is 0 Å². The Labute approximate surface area is 197 Å². The maximum absolute atomic E-state index is 12.7. The number of amides is 2. The van der Waals surface area contributed by atoms with Gasteiger partial charge in [-0.3, -0.25) is 9.59 Å². The number of hydrogen-bond acceptors (Lipinski definition) is 5. The maximum Gasteiger partial charge on any atom is 0.251 e. The molecule has 7 nitrogen and oxygen atoms in total. The van der Waals surface area contributed by atoms with Crippen LogP contribution in [0.3, 0.4) is 0 Å². The van der Waals surface area contributed by atoms with E-state index in [2.05, 4.69) is 25.3 Å².